The van der Waals surface area contributed by atoms with E-state index in [2.05, 4.69) is 18.2 Å². The van der Waals surface area contributed by atoms with Crippen LogP contribution in [-0.4, -0.2) is 93.1 Å². The molecule has 0 amide bonds. The summed E-state index contributed by atoms with van der Waals surface area (Å²) in [5.41, 5.74) is 5.61. The van der Waals surface area contributed by atoms with Gasteiger partial charge >= 0.3 is 23.5 Å². The van der Waals surface area contributed by atoms with Crippen LogP contribution >= 0.6 is 23.5 Å². The van der Waals surface area contributed by atoms with Crippen LogP contribution in [0.2, 0.25) is 0 Å². The van der Waals surface area contributed by atoms with Crippen molar-refractivity contribution < 1.29 is 75.3 Å². The number of rotatable bonds is 40. The van der Waals surface area contributed by atoms with Gasteiger partial charge < -0.3 is 30.8 Å². The molecule has 1 heterocycles. The molecule has 0 spiro atoms. The van der Waals surface area contributed by atoms with Gasteiger partial charge in [0.05, 0.1) is 13.2 Å². The summed E-state index contributed by atoms with van der Waals surface area (Å²) in [5, 5.41) is 32.9. The third-order valence-corrected chi connectivity index (χ3v) is 16.2. The van der Waals surface area contributed by atoms with Crippen LogP contribution in [0.1, 0.15) is 206 Å². The second-order valence-electron chi connectivity index (χ2n) is 17.8. The van der Waals surface area contributed by atoms with Crippen molar-refractivity contribution >= 4 is 35.0 Å². The summed E-state index contributed by atoms with van der Waals surface area (Å²) < 4.78 is 69.2. The maximum atomic E-state index is 14.2. The van der Waals surface area contributed by atoms with Crippen molar-refractivity contribution in [1.82, 2.24) is 0 Å². The van der Waals surface area contributed by atoms with E-state index in [4.69, 9.17) is 28.4 Å². The Hall–Kier alpha value is -0.450. The highest BCUT2D eigenvalue weighted by Gasteiger charge is 2.60. The average Bonchev–Trinajstić information content (AvgIpc) is 3.35. The summed E-state index contributed by atoms with van der Waals surface area (Å²) in [4.78, 5) is 46.9. The molecule has 1 aliphatic carbocycles. The average molecular weight is 978 g/mol. The monoisotopic (exact) mass is 978 g/mol. The zero-order chi connectivity index (χ0) is 47.3. The number of fused-ring (bicyclic) bond motifs is 1. The van der Waals surface area contributed by atoms with E-state index in [0.29, 0.717) is 12.8 Å². The molecule has 7 N–H and O–H groups in total. The number of ketones is 2. The molecule has 1 saturated heterocycles. The number of phosphoric acid groups is 3. The maximum absolute atomic E-state index is 14.2. The predicted molar refractivity (Wildman–Crippen MR) is 245 cm³/mol. The lowest BCUT2D eigenvalue weighted by Crippen LogP contribution is -2.64. The van der Waals surface area contributed by atoms with Gasteiger partial charge in [0.1, 0.15) is 48.2 Å². The van der Waals surface area contributed by atoms with E-state index in [1.165, 1.54) is 109 Å². The Bertz CT molecular complexity index is 1410. The number of hydrogen-bond acceptors (Lipinski definition) is 15. The van der Waals surface area contributed by atoms with E-state index in [1.807, 2.05) is 0 Å². The predicted octanol–water partition coefficient (Wildman–Crippen LogP) is 10.1. The van der Waals surface area contributed by atoms with Crippen LogP contribution in [0.3, 0.4) is 0 Å². The first-order chi connectivity index (χ1) is 30.6. The van der Waals surface area contributed by atoms with E-state index in [9.17, 15) is 48.4 Å². The van der Waals surface area contributed by atoms with Gasteiger partial charge in [-0.3, -0.25) is 32.2 Å². The molecule has 64 heavy (non-hydrogen) atoms. The van der Waals surface area contributed by atoms with Crippen molar-refractivity contribution in [3.8, 4) is 0 Å². The summed E-state index contributed by atoms with van der Waals surface area (Å²) in [7, 11) is -15.6. The van der Waals surface area contributed by atoms with Crippen LogP contribution < -0.4 is 5.73 Å². The molecule has 1 aliphatic heterocycles. The maximum Gasteiger partial charge on any atom is 0.481 e. The van der Waals surface area contributed by atoms with Crippen molar-refractivity contribution in [3.63, 3.8) is 0 Å². The first-order valence-electron chi connectivity index (χ1n) is 24.7. The Labute approximate surface area is 383 Å². The Morgan fingerprint density at radius 1 is 0.594 bits per heavy atom. The topological polar surface area (TPSA) is 268 Å². The van der Waals surface area contributed by atoms with Crippen LogP contribution in [0.4, 0.5) is 0 Å². The Kier molecular flexibility index (Phi) is 31.7. The number of aliphatic hydroxyl groups is 3. The molecule has 0 aromatic heterocycles. The molecule has 2 aliphatic rings. The quantitative estimate of drug-likeness (QED) is 0.0246. The molecule has 20 heteroatoms. The molecule has 0 bridgehead atoms. The lowest BCUT2D eigenvalue weighted by atomic mass is 9.85. The van der Waals surface area contributed by atoms with Crippen molar-refractivity contribution in [2.45, 2.75) is 243 Å². The summed E-state index contributed by atoms with van der Waals surface area (Å²) in [5.74, 6) is -1.43. The number of carbonyl (C=O) groups excluding carboxylic acids is 2. The van der Waals surface area contributed by atoms with Crippen LogP contribution in [0, 0.1) is 5.92 Å². The SMILES string of the molecule is CCCCCCCCCCCCCCCC(=O)C[C@@H](COP(=O)(OCCCN)O[C@@H]1[C@H](O)[C@H](O)[C@H]2OP(=O)(O)OP(=O)(O)O[C@@H]2[C@H]1O)C(=O)CCCCCCCCCCCCCCC. The van der Waals surface area contributed by atoms with Gasteiger partial charge in [-0.25, -0.2) is 13.7 Å². The number of carbonyl (C=O) groups is 2. The van der Waals surface area contributed by atoms with Crippen LogP contribution in [0.25, 0.3) is 0 Å². The zero-order valence-electron chi connectivity index (χ0n) is 39.0. The highest BCUT2D eigenvalue weighted by molar-refractivity contribution is 7.61. The summed E-state index contributed by atoms with van der Waals surface area (Å²) in [6.07, 6.45) is 17.3. The van der Waals surface area contributed by atoms with Gasteiger partial charge in [-0.15, -0.1) is 0 Å². The fourth-order valence-electron chi connectivity index (χ4n) is 8.20. The van der Waals surface area contributed by atoms with E-state index in [0.717, 1.165) is 44.9 Å². The van der Waals surface area contributed by atoms with Gasteiger partial charge in [0, 0.05) is 25.2 Å². The summed E-state index contributed by atoms with van der Waals surface area (Å²) in [6.45, 7) is 3.66. The van der Waals surface area contributed by atoms with Gasteiger partial charge in [-0.2, -0.15) is 4.31 Å². The van der Waals surface area contributed by atoms with Gasteiger partial charge in [0.15, 0.2) is 0 Å². The number of Topliss-reactive ketones (excluding diaryl/α,β-unsaturated/α-hetero) is 2. The van der Waals surface area contributed by atoms with Gasteiger partial charge in [-0.05, 0) is 25.8 Å². The molecule has 1 saturated carbocycles. The third-order valence-electron chi connectivity index (χ3n) is 12.0. The van der Waals surface area contributed by atoms with Crippen molar-refractivity contribution in [1.29, 1.82) is 0 Å². The van der Waals surface area contributed by atoms with Crippen molar-refractivity contribution in [2.24, 2.45) is 11.7 Å². The standard InChI is InChI=1S/C44H86NO16P3/c1-3-5-7-9-11-13-15-17-19-21-23-25-27-30-37(46)34-36(38(47)31-28-26-24-22-20-18-16-14-12-10-8-6-4-2)35-57-64(55,56-33-29-32-45)60-42-39(48)40(49)43-44(41(42)50)59-63(53,54)61-62(51,52)58-43/h36,39-44,48-50H,3-35,45H2,1-2H3,(H,51,52)(H,53,54)/t36-,39+,40-,41-,42+,43+,44+,64?/m0/s1. The second kappa shape index (κ2) is 33.9. The number of hydrogen-bond donors (Lipinski definition) is 6. The second-order valence-corrected chi connectivity index (χ2v) is 22.4. The van der Waals surface area contributed by atoms with E-state index in [1.54, 1.807) is 0 Å². The summed E-state index contributed by atoms with van der Waals surface area (Å²) >= 11 is 0. The molecule has 2 fully saturated rings. The molecule has 0 radical (unpaired) electrons. The number of aliphatic hydroxyl groups excluding tert-OH is 3. The lowest BCUT2D eigenvalue weighted by Gasteiger charge is -2.43. The molecular weight excluding hydrogens is 891 g/mol. The molecule has 3 unspecified atom stereocenters. The molecule has 0 aromatic rings. The zero-order valence-corrected chi connectivity index (χ0v) is 41.7. The number of nitrogens with two attached hydrogens (primary N) is 1. The molecule has 0 aromatic carbocycles. The summed E-state index contributed by atoms with van der Waals surface area (Å²) in [6, 6.07) is 0. The van der Waals surface area contributed by atoms with Crippen molar-refractivity contribution in [3.05, 3.63) is 0 Å². The first kappa shape index (κ1) is 59.7. The van der Waals surface area contributed by atoms with Crippen molar-refractivity contribution in [2.75, 3.05) is 19.8 Å². The minimum Gasteiger partial charge on any atom is -0.387 e. The minimum atomic E-state index is -5.39. The Balaban J connectivity index is 2.03. The first-order valence-corrected chi connectivity index (χ1v) is 29.1. The van der Waals surface area contributed by atoms with Crippen LogP contribution in [0.15, 0.2) is 0 Å². The van der Waals surface area contributed by atoms with Crippen LogP contribution in [-0.2, 0) is 50.2 Å². The van der Waals surface area contributed by atoms with E-state index >= 15 is 0 Å². The highest BCUT2D eigenvalue weighted by atomic mass is 31.3. The van der Waals surface area contributed by atoms with Gasteiger partial charge in [0.2, 0.25) is 0 Å². The lowest BCUT2D eigenvalue weighted by molar-refractivity contribution is -0.208. The molecule has 378 valence electrons. The fraction of sp³-hybridized carbons (Fsp3) is 0.955. The van der Waals surface area contributed by atoms with E-state index < -0.39 is 72.6 Å². The Morgan fingerprint density at radius 2 is 1.00 bits per heavy atom. The minimum absolute atomic E-state index is 0.100. The van der Waals surface area contributed by atoms with Gasteiger partial charge in [0.25, 0.3) is 0 Å². The molecule has 2 rings (SSSR count). The Morgan fingerprint density at radius 3 is 1.44 bits per heavy atom. The van der Waals surface area contributed by atoms with Crippen LogP contribution in [0.5, 0.6) is 0 Å². The largest absolute Gasteiger partial charge is 0.481 e. The highest BCUT2D eigenvalue weighted by Crippen LogP contribution is 2.65. The molecule has 17 nitrogen and oxygen atoms in total. The van der Waals surface area contributed by atoms with E-state index in [-0.39, 0.29) is 50.4 Å². The number of phosphoric ester groups is 3. The normalized spacial score (nSPS) is 27.4. The molecule has 10 atom stereocenters. The smallest absolute Gasteiger partial charge is 0.387 e. The molecular formula is C44H86NO16P3. The number of unbranched alkanes of at least 4 members (excludes halogenated alkanes) is 24. The van der Waals surface area contributed by atoms with Gasteiger partial charge in [-0.1, -0.05) is 168 Å². The fourth-order valence-corrected chi connectivity index (χ4v) is 12.1. The third kappa shape index (κ3) is 25.2.